The van der Waals surface area contributed by atoms with E-state index in [1.165, 1.54) is 0 Å². The van der Waals surface area contributed by atoms with Crippen molar-refractivity contribution in [1.29, 1.82) is 0 Å². The normalized spacial score (nSPS) is 18.5. The number of carbonyl (C=O) groups is 1. The first-order chi connectivity index (χ1) is 9.08. The number of hydrogen-bond donors (Lipinski definition) is 3. The second kappa shape index (κ2) is 5.29. The minimum atomic E-state index is -0.850. The quantitative estimate of drug-likeness (QED) is 0.316. The number of hydrogen-bond acceptors (Lipinski definition) is 4. The summed E-state index contributed by atoms with van der Waals surface area (Å²) in [6.07, 6.45) is 6.62. The highest BCUT2D eigenvalue weighted by Crippen LogP contribution is 2.38. The number of nitrogens with one attached hydrogen (secondary N) is 1. The maximum atomic E-state index is 12.3. The molecule has 0 bridgehead atoms. The van der Waals surface area contributed by atoms with Crippen molar-refractivity contribution in [2.24, 2.45) is 23.4 Å². The van der Waals surface area contributed by atoms with Crippen LogP contribution in [0.4, 0.5) is 0 Å². The van der Waals surface area contributed by atoms with Crippen LogP contribution in [0.2, 0.25) is 0 Å². The number of oxime groups is 1. The zero-order valence-electron chi connectivity index (χ0n) is 11.0. The van der Waals surface area contributed by atoms with Gasteiger partial charge in [-0.15, -0.1) is 0 Å². The van der Waals surface area contributed by atoms with Gasteiger partial charge in [0, 0.05) is 25.4 Å². The van der Waals surface area contributed by atoms with Gasteiger partial charge in [0.1, 0.15) is 5.41 Å². The molecule has 0 unspecified atom stereocenters. The number of aromatic nitrogens is 2. The molecule has 0 aromatic carbocycles. The van der Waals surface area contributed by atoms with Crippen LogP contribution in [-0.2, 0) is 18.4 Å². The average Bonchev–Trinajstić information content (AvgIpc) is 3.04. The van der Waals surface area contributed by atoms with Gasteiger partial charge in [-0.1, -0.05) is 18.0 Å². The van der Waals surface area contributed by atoms with Crippen molar-refractivity contribution in [3.63, 3.8) is 0 Å². The van der Waals surface area contributed by atoms with Gasteiger partial charge in [0.2, 0.25) is 5.91 Å². The third-order valence-electron chi connectivity index (χ3n) is 3.70. The number of nitrogens with two attached hydrogens (primary N) is 1. The molecule has 0 radical (unpaired) electrons. The summed E-state index contributed by atoms with van der Waals surface area (Å²) in [7, 11) is 1.82. The van der Waals surface area contributed by atoms with Gasteiger partial charge in [-0.25, -0.2) is 0 Å². The SMILES string of the molecule is Cn1cc(CNC(=O)C2(C(N)=NO)CCCC2)cn1. The lowest BCUT2D eigenvalue weighted by molar-refractivity contribution is -0.127. The summed E-state index contributed by atoms with van der Waals surface area (Å²) in [5.41, 5.74) is 5.78. The molecule has 1 aliphatic rings. The molecule has 104 valence electrons. The van der Waals surface area contributed by atoms with Crippen LogP contribution >= 0.6 is 0 Å². The third kappa shape index (κ3) is 2.54. The zero-order valence-corrected chi connectivity index (χ0v) is 11.0. The van der Waals surface area contributed by atoms with Crippen molar-refractivity contribution in [2.75, 3.05) is 0 Å². The van der Waals surface area contributed by atoms with E-state index in [1.807, 2.05) is 13.2 Å². The van der Waals surface area contributed by atoms with Gasteiger partial charge in [-0.2, -0.15) is 5.10 Å². The minimum Gasteiger partial charge on any atom is -0.409 e. The lowest BCUT2D eigenvalue weighted by Crippen LogP contribution is -2.48. The van der Waals surface area contributed by atoms with Crippen molar-refractivity contribution in [2.45, 2.75) is 32.2 Å². The molecular weight excluding hydrogens is 246 g/mol. The van der Waals surface area contributed by atoms with E-state index in [2.05, 4.69) is 15.6 Å². The van der Waals surface area contributed by atoms with Crippen LogP contribution in [0.1, 0.15) is 31.2 Å². The lowest BCUT2D eigenvalue weighted by atomic mass is 9.84. The van der Waals surface area contributed by atoms with Crippen molar-refractivity contribution in [3.8, 4) is 0 Å². The Balaban J connectivity index is 2.04. The molecule has 1 saturated carbocycles. The smallest absolute Gasteiger partial charge is 0.234 e. The maximum absolute atomic E-state index is 12.3. The van der Waals surface area contributed by atoms with Crippen LogP contribution in [0, 0.1) is 5.41 Å². The Morgan fingerprint density at radius 3 is 2.84 bits per heavy atom. The Morgan fingerprint density at radius 1 is 1.63 bits per heavy atom. The van der Waals surface area contributed by atoms with Gasteiger partial charge < -0.3 is 16.3 Å². The van der Waals surface area contributed by atoms with Gasteiger partial charge >= 0.3 is 0 Å². The zero-order chi connectivity index (χ0) is 13.9. The predicted molar refractivity (Wildman–Crippen MR) is 69.4 cm³/mol. The number of nitrogens with zero attached hydrogens (tertiary/aromatic N) is 3. The lowest BCUT2D eigenvalue weighted by Gasteiger charge is -2.25. The highest BCUT2D eigenvalue weighted by atomic mass is 16.4. The molecule has 1 fully saturated rings. The molecule has 1 aromatic rings. The van der Waals surface area contributed by atoms with Crippen LogP contribution < -0.4 is 11.1 Å². The average molecular weight is 265 g/mol. The van der Waals surface area contributed by atoms with Crippen molar-refractivity contribution < 1.29 is 10.0 Å². The monoisotopic (exact) mass is 265 g/mol. The van der Waals surface area contributed by atoms with E-state index in [4.69, 9.17) is 10.9 Å². The first-order valence-electron chi connectivity index (χ1n) is 6.32. The Morgan fingerprint density at radius 2 is 2.32 bits per heavy atom. The topological polar surface area (TPSA) is 106 Å². The molecule has 1 heterocycles. The highest BCUT2D eigenvalue weighted by Gasteiger charge is 2.45. The van der Waals surface area contributed by atoms with E-state index < -0.39 is 5.41 Å². The molecule has 0 aliphatic heterocycles. The number of amidine groups is 1. The standard InChI is InChI=1S/C12H19N5O2/c1-17-8-9(7-15-17)6-14-11(18)12(10(13)16-19)4-2-3-5-12/h7-8,19H,2-6H2,1H3,(H2,13,16)(H,14,18). The molecule has 4 N–H and O–H groups in total. The molecule has 0 spiro atoms. The summed E-state index contributed by atoms with van der Waals surface area (Å²) in [6.45, 7) is 0.396. The van der Waals surface area contributed by atoms with Crippen LogP contribution in [0.15, 0.2) is 17.5 Å². The summed E-state index contributed by atoms with van der Waals surface area (Å²) in [5, 5.41) is 18.8. The Bertz CT molecular complexity index is 488. The number of amides is 1. The molecular formula is C12H19N5O2. The van der Waals surface area contributed by atoms with E-state index in [1.54, 1.807) is 10.9 Å². The highest BCUT2D eigenvalue weighted by molar-refractivity contribution is 6.07. The Kier molecular flexibility index (Phi) is 3.73. The van der Waals surface area contributed by atoms with E-state index in [-0.39, 0.29) is 11.7 Å². The molecule has 2 rings (SSSR count). The number of carbonyl (C=O) groups excluding carboxylic acids is 1. The van der Waals surface area contributed by atoms with Gasteiger partial charge in [0.15, 0.2) is 5.84 Å². The van der Waals surface area contributed by atoms with E-state index in [9.17, 15) is 4.79 Å². The second-order valence-corrected chi connectivity index (χ2v) is 4.98. The Hall–Kier alpha value is -2.05. The summed E-state index contributed by atoms with van der Waals surface area (Å²) >= 11 is 0. The summed E-state index contributed by atoms with van der Waals surface area (Å²) in [4.78, 5) is 12.3. The third-order valence-corrected chi connectivity index (χ3v) is 3.70. The molecule has 1 aromatic heterocycles. The van der Waals surface area contributed by atoms with Crippen LogP contribution in [0.3, 0.4) is 0 Å². The molecule has 0 atom stereocenters. The second-order valence-electron chi connectivity index (χ2n) is 4.98. The molecule has 7 heteroatoms. The van der Waals surface area contributed by atoms with Gasteiger partial charge in [0.05, 0.1) is 6.20 Å². The molecule has 0 saturated heterocycles. The molecule has 1 aliphatic carbocycles. The van der Waals surface area contributed by atoms with Crippen molar-refractivity contribution in [1.82, 2.24) is 15.1 Å². The summed E-state index contributed by atoms with van der Waals surface area (Å²) < 4.78 is 1.68. The van der Waals surface area contributed by atoms with E-state index >= 15 is 0 Å². The van der Waals surface area contributed by atoms with Crippen LogP contribution in [-0.4, -0.2) is 26.7 Å². The van der Waals surface area contributed by atoms with Crippen LogP contribution in [0.25, 0.3) is 0 Å². The summed E-state index contributed by atoms with van der Waals surface area (Å²) in [5.74, 6) is -0.169. The van der Waals surface area contributed by atoms with Crippen molar-refractivity contribution in [3.05, 3.63) is 18.0 Å². The number of rotatable bonds is 4. The summed E-state index contributed by atoms with van der Waals surface area (Å²) in [6, 6.07) is 0. The van der Waals surface area contributed by atoms with E-state index in [0.29, 0.717) is 19.4 Å². The fraction of sp³-hybridized carbons (Fsp3) is 0.583. The first kappa shape index (κ1) is 13.4. The van der Waals surface area contributed by atoms with Crippen LogP contribution in [0.5, 0.6) is 0 Å². The van der Waals surface area contributed by atoms with Crippen molar-refractivity contribution >= 4 is 11.7 Å². The fourth-order valence-corrected chi connectivity index (χ4v) is 2.59. The van der Waals surface area contributed by atoms with E-state index in [0.717, 1.165) is 18.4 Å². The maximum Gasteiger partial charge on any atom is 0.234 e. The first-order valence-corrected chi connectivity index (χ1v) is 6.32. The number of aryl methyl sites for hydroxylation is 1. The van der Waals surface area contributed by atoms with Gasteiger partial charge in [-0.3, -0.25) is 9.48 Å². The predicted octanol–water partition coefficient (Wildman–Crippen LogP) is 0.343. The molecule has 19 heavy (non-hydrogen) atoms. The molecule has 7 nitrogen and oxygen atoms in total. The van der Waals surface area contributed by atoms with Gasteiger partial charge in [-0.05, 0) is 12.8 Å². The largest absolute Gasteiger partial charge is 0.409 e. The Labute approximate surface area is 111 Å². The molecule has 1 amide bonds. The van der Waals surface area contributed by atoms with Gasteiger partial charge in [0.25, 0.3) is 0 Å². The minimum absolute atomic E-state index is 0.00804. The fourth-order valence-electron chi connectivity index (χ4n) is 2.59.